The Morgan fingerprint density at radius 2 is 2.05 bits per heavy atom. The summed E-state index contributed by atoms with van der Waals surface area (Å²) in [5.41, 5.74) is 5.17. The van der Waals surface area contributed by atoms with Crippen molar-refractivity contribution in [2.24, 2.45) is 5.73 Å². The Bertz CT molecular complexity index is 687. The van der Waals surface area contributed by atoms with Crippen LogP contribution >= 0.6 is 11.3 Å². The maximum absolute atomic E-state index is 12.7. The normalized spacial score (nSPS) is 10.1. The number of thiazole rings is 1. The first-order chi connectivity index (χ1) is 10.5. The number of aromatic nitrogens is 1. The molecule has 0 saturated heterocycles. The lowest BCUT2D eigenvalue weighted by molar-refractivity contribution is -0.118. The van der Waals surface area contributed by atoms with Gasteiger partial charge in [0, 0.05) is 7.05 Å². The zero-order valence-electron chi connectivity index (χ0n) is 11.6. The van der Waals surface area contributed by atoms with Gasteiger partial charge in [-0.1, -0.05) is 11.3 Å². The Kier molecular flexibility index (Phi) is 4.89. The van der Waals surface area contributed by atoms with Gasteiger partial charge in [-0.2, -0.15) is 0 Å². The van der Waals surface area contributed by atoms with Gasteiger partial charge in [0.1, 0.15) is 16.6 Å². The average Bonchev–Trinajstić information content (AvgIpc) is 2.90. The van der Waals surface area contributed by atoms with Crippen molar-refractivity contribution in [2.45, 2.75) is 0 Å². The maximum atomic E-state index is 12.7. The van der Waals surface area contributed by atoms with E-state index in [1.807, 2.05) is 0 Å². The molecular formula is C13H13FN4O3S. The van der Waals surface area contributed by atoms with Gasteiger partial charge < -0.3 is 21.1 Å². The maximum Gasteiger partial charge on any atom is 0.270 e. The fourth-order valence-corrected chi connectivity index (χ4v) is 2.36. The zero-order valence-corrected chi connectivity index (χ0v) is 12.4. The van der Waals surface area contributed by atoms with Crippen LogP contribution in [0.1, 0.15) is 10.5 Å². The van der Waals surface area contributed by atoms with Crippen molar-refractivity contribution >= 4 is 33.3 Å². The van der Waals surface area contributed by atoms with Gasteiger partial charge in [0.2, 0.25) is 0 Å². The van der Waals surface area contributed by atoms with Gasteiger partial charge in [-0.3, -0.25) is 9.59 Å². The summed E-state index contributed by atoms with van der Waals surface area (Å²) in [4.78, 5) is 27.0. The van der Waals surface area contributed by atoms with Crippen LogP contribution in [0.4, 0.5) is 14.5 Å². The summed E-state index contributed by atoms with van der Waals surface area (Å²) in [5, 5.41) is 5.95. The van der Waals surface area contributed by atoms with E-state index in [1.165, 1.54) is 24.3 Å². The van der Waals surface area contributed by atoms with Crippen molar-refractivity contribution in [3.8, 4) is 5.75 Å². The molecule has 0 fully saturated rings. The summed E-state index contributed by atoms with van der Waals surface area (Å²) in [6.45, 7) is -0.295. The number of nitrogens with zero attached hydrogens (tertiary/aromatic N) is 1. The Balaban J connectivity index is 1.98. The molecule has 0 bridgehead atoms. The molecule has 4 N–H and O–H groups in total. The molecule has 0 spiro atoms. The summed E-state index contributed by atoms with van der Waals surface area (Å²) >= 11 is 1.08. The van der Waals surface area contributed by atoms with Crippen LogP contribution in [0, 0.1) is 5.82 Å². The van der Waals surface area contributed by atoms with Gasteiger partial charge in [-0.15, -0.1) is 0 Å². The zero-order chi connectivity index (χ0) is 16.1. The second-order valence-electron chi connectivity index (χ2n) is 4.10. The summed E-state index contributed by atoms with van der Waals surface area (Å²) < 4.78 is 17.9. The van der Waals surface area contributed by atoms with E-state index in [1.54, 1.807) is 7.05 Å². The third-order valence-electron chi connectivity index (χ3n) is 2.51. The number of rotatable bonds is 6. The third kappa shape index (κ3) is 3.92. The number of anilines is 2. The Morgan fingerprint density at radius 1 is 1.36 bits per heavy atom. The predicted molar refractivity (Wildman–Crippen MR) is 80.7 cm³/mol. The summed E-state index contributed by atoms with van der Waals surface area (Å²) in [5.74, 6) is -1.27. The van der Waals surface area contributed by atoms with Gasteiger partial charge in [-0.25, -0.2) is 9.37 Å². The molecule has 116 valence electrons. The van der Waals surface area contributed by atoms with Crippen molar-refractivity contribution in [1.82, 2.24) is 4.98 Å². The lowest BCUT2D eigenvalue weighted by Crippen LogP contribution is -2.22. The monoisotopic (exact) mass is 324 g/mol. The molecule has 0 saturated carbocycles. The molecule has 22 heavy (non-hydrogen) atoms. The molecule has 0 unspecified atom stereocenters. The molecule has 2 amide bonds. The molecular weight excluding hydrogens is 311 g/mol. The van der Waals surface area contributed by atoms with Crippen LogP contribution in [0.3, 0.4) is 0 Å². The lowest BCUT2D eigenvalue weighted by Gasteiger charge is -2.06. The van der Waals surface area contributed by atoms with E-state index in [4.69, 9.17) is 10.5 Å². The fraction of sp³-hybridized carbons (Fsp3) is 0.154. The van der Waals surface area contributed by atoms with Gasteiger partial charge >= 0.3 is 0 Å². The summed E-state index contributed by atoms with van der Waals surface area (Å²) in [6.07, 6.45) is 0. The molecule has 1 aromatic heterocycles. The standard InChI is InChI=1S/C13H13FN4O3S/c1-16-13-18-10(11(15)20)12(22-13)17-9(19)6-21-8-4-2-7(14)3-5-8/h2-5H,6H2,1H3,(H2,15,20)(H,16,18)(H,17,19). The van der Waals surface area contributed by atoms with Crippen LogP contribution in [-0.2, 0) is 4.79 Å². The first kappa shape index (κ1) is 15.7. The largest absolute Gasteiger partial charge is 0.484 e. The highest BCUT2D eigenvalue weighted by Crippen LogP contribution is 2.27. The molecule has 2 aromatic rings. The van der Waals surface area contributed by atoms with E-state index < -0.39 is 17.6 Å². The minimum atomic E-state index is -0.743. The highest BCUT2D eigenvalue weighted by Gasteiger charge is 2.17. The van der Waals surface area contributed by atoms with E-state index in [-0.39, 0.29) is 17.3 Å². The number of hydrogen-bond acceptors (Lipinski definition) is 6. The highest BCUT2D eigenvalue weighted by molar-refractivity contribution is 7.20. The van der Waals surface area contributed by atoms with Crippen LogP contribution in [-0.4, -0.2) is 30.5 Å². The van der Waals surface area contributed by atoms with E-state index >= 15 is 0 Å². The predicted octanol–water partition coefficient (Wildman–Crippen LogP) is 1.44. The molecule has 1 heterocycles. The van der Waals surface area contributed by atoms with Gasteiger partial charge in [0.25, 0.3) is 11.8 Å². The number of benzene rings is 1. The Labute approximate surface area is 129 Å². The SMILES string of the molecule is CNc1nc(C(N)=O)c(NC(=O)COc2ccc(F)cc2)s1. The van der Waals surface area contributed by atoms with Gasteiger partial charge in [0.15, 0.2) is 17.4 Å². The molecule has 0 radical (unpaired) electrons. The van der Waals surface area contributed by atoms with Gasteiger partial charge in [-0.05, 0) is 24.3 Å². The lowest BCUT2D eigenvalue weighted by atomic mass is 10.3. The van der Waals surface area contributed by atoms with Crippen molar-refractivity contribution in [1.29, 1.82) is 0 Å². The number of nitrogens with one attached hydrogen (secondary N) is 2. The number of nitrogens with two attached hydrogens (primary N) is 1. The van der Waals surface area contributed by atoms with E-state index in [0.29, 0.717) is 10.9 Å². The van der Waals surface area contributed by atoms with Crippen molar-refractivity contribution in [3.63, 3.8) is 0 Å². The van der Waals surface area contributed by atoms with E-state index in [9.17, 15) is 14.0 Å². The van der Waals surface area contributed by atoms with Crippen LogP contribution in [0.5, 0.6) is 5.75 Å². The highest BCUT2D eigenvalue weighted by atomic mass is 32.1. The fourth-order valence-electron chi connectivity index (χ4n) is 1.52. The molecule has 2 rings (SSSR count). The van der Waals surface area contributed by atoms with Crippen molar-refractivity contribution in [2.75, 3.05) is 24.3 Å². The first-order valence-corrected chi connectivity index (χ1v) is 6.98. The van der Waals surface area contributed by atoms with Crippen molar-refractivity contribution in [3.05, 3.63) is 35.8 Å². The van der Waals surface area contributed by atoms with Gasteiger partial charge in [0.05, 0.1) is 0 Å². The minimum absolute atomic E-state index is 0.0236. The molecule has 0 aliphatic rings. The second kappa shape index (κ2) is 6.85. The Morgan fingerprint density at radius 3 is 2.64 bits per heavy atom. The molecule has 0 atom stereocenters. The van der Waals surface area contributed by atoms with Crippen LogP contribution in [0.25, 0.3) is 0 Å². The summed E-state index contributed by atoms with van der Waals surface area (Å²) in [7, 11) is 1.63. The van der Waals surface area contributed by atoms with Crippen LogP contribution < -0.4 is 21.1 Å². The topological polar surface area (TPSA) is 106 Å². The smallest absolute Gasteiger partial charge is 0.270 e. The van der Waals surface area contributed by atoms with E-state index in [2.05, 4.69) is 15.6 Å². The molecule has 0 aliphatic heterocycles. The van der Waals surface area contributed by atoms with Crippen LogP contribution in [0.2, 0.25) is 0 Å². The average molecular weight is 324 g/mol. The number of primary amides is 1. The Hall–Kier alpha value is -2.68. The van der Waals surface area contributed by atoms with Crippen LogP contribution in [0.15, 0.2) is 24.3 Å². The minimum Gasteiger partial charge on any atom is -0.484 e. The quantitative estimate of drug-likeness (QED) is 0.745. The third-order valence-corrected chi connectivity index (χ3v) is 3.50. The number of hydrogen-bond donors (Lipinski definition) is 3. The molecule has 7 nitrogen and oxygen atoms in total. The number of amides is 2. The summed E-state index contributed by atoms with van der Waals surface area (Å²) in [6, 6.07) is 5.26. The molecule has 0 aliphatic carbocycles. The molecule has 9 heteroatoms. The number of carbonyl (C=O) groups excluding carboxylic acids is 2. The first-order valence-electron chi connectivity index (χ1n) is 6.16. The molecule has 1 aromatic carbocycles. The van der Waals surface area contributed by atoms with E-state index in [0.717, 1.165) is 11.3 Å². The second-order valence-corrected chi connectivity index (χ2v) is 5.10. The number of ether oxygens (including phenoxy) is 1. The number of halogens is 1. The number of carbonyl (C=O) groups is 2. The van der Waals surface area contributed by atoms with Crippen molar-refractivity contribution < 1.29 is 18.7 Å².